The van der Waals surface area contributed by atoms with Gasteiger partial charge in [-0.05, 0) is 18.8 Å². The topological polar surface area (TPSA) is 99.0 Å². The molecule has 2 rings (SSSR count). The molecule has 0 bridgehead atoms. The number of nitrogens with one attached hydrogen (secondary N) is 1. The smallest absolute Gasteiger partial charge is 0.330 e. The van der Waals surface area contributed by atoms with Gasteiger partial charge in [0.2, 0.25) is 5.82 Å². The van der Waals surface area contributed by atoms with Crippen molar-refractivity contribution < 1.29 is 4.92 Å². The molecule has 0 spiro atoms. The lowest BCUT2D eigenvalue weighted by molar-refractivity contribution is -0.384. The molecule has 1 aliphatic carbocycles. The molecule has 1 heterocycles. The fourth-order valence-corrected chi connectivity index (χ4v) is 1.76. The quantitative estimate of drug-likeness (QED) is 0.560. The van der Waals surface area contributed by atoms with E-state index in [1.54, 1.807) is 7.05 Å². The van der Waals surface area contributed by atoms with Gasteiger partial charge >= 0.3 is 5.69 Å². The number of aromatic nitrogens is 2. The number of hydrogen-bond acceptors (Lipinski definition) is 5. The van der Waals surface area contributed by atoms with E-state index < -0.39 is 4.92 Å². The highest BCUT2D eigenvalue weighted by molar-refractivity contribution is 5.55. The van der Waals surface area contributed by atoms with Gasteiger partial charge in [0.05, 0.1) is 4.92 Å². The molecule has 1 fully saturated rings. The van der Waals surface area contributed by atoms with Crippen molar-refractivity contribution in [3.63, 3.8) is 0 Å². The maximum Gasteiger partial charge on any atom is 0.330 e. The van der Waals surface area contributed by atoms with E-state index in [9.17, 15) is 10.1 Å². The van der Waals surface area contributed by atoms with Gasteiger partial charge in [-0.1, -0.05) is 0 Å². The molecule has 0 aromatic carbocycles. The molecule has 0 radical (unpaired) electrons. The summed E-state index contributed by atoms with van der Waals surface area (Å²) in [6, 6.07) is 0.0913. The maximum absolute atomic E-state index is 10.8. The second-order valence-electron chi connectivity index (χ2n) is 4.12. The molecule has 0 aliphatic heterocycles. The molecule has 7 nitrogen and oxygen atoms in total. The number of anilines is 1. The Morgan fingerprint density at radius 3 is 3.00 bits per heavy atom. The van der Waals surface area contributed by atoms with Gasteiger partial charge in [0.1, 0.15) is 6.20 Å². The van der Waals surface area contributed by atoms with E-state index in [4.69, 9.17) is 5.73 Å². The molecule has 7 heteroatoms. The van der Waals surface area contributed by atoms with Crippen molar-refractivity contribution in [2.24, 2.45) is 18.7 Å². The lowest BCUT2D eigenvalue weighted by Crippen LogP contribution is -2.31. The number of nitrogens with zero attached hydrogens (tertiary/aromatic N) is 3. The highest BCUT2D eigenvalue weighted by Gasteiger charge is 2.32. The van der Waals surface area contributed by atoms with Crippen LogP contribution in [-0.2, 0) is 7.05 Å². The van der Waals surface area contributed by atoms with Crippen molar-refractivity contribution in [1.82, 2.24) is 9.78 Å². The van der Waals surface area contributed by atoms with Gasteiger partial charge in [-0.3, -0.25) is 14.8 Å². The average molecular weight is 225 g/mol. The molecular formula is C9H15N5O2. The van der Waals surface area contributed by atoms with E-state index in [2.05, 4.69) is 10.4 Å². The first-order valence-corrected chi connectivity index (χ1v) is 5.26. The lowest BCUT2D eigenvalue weighted by Gasteiger charge is -2.14. The summed E-state index contributed by atoms with van der Waals surface area (Å²) in [7, 11) is 1.66. The van der Waals surface area contributed by atoms with Gasteiger partial charge in [-0.15, -0.1) is 5.10 Å². The van der Waals surface area contributed by atoms with Crippen molar-refractivity contribution in [1.29, 1.82) is 0 Å². The number of nitro groups is 1. The molecule has 16 heavy (non-hydrogen) atoms. The summed E-state index contributed by atoms with van der Waals surface area (Å²) in [6.45, 7) is 0.471. The number of nitrogens with two attached hydrogens (primary N) is 1. The Morgan fingerprint density at radius 1 is 1.81 bits per heavy atom. The van der Waals surface area contributed by atoms with Gasteiger partial charge in [-0.25, -0.2) is 0 Å². The van der Waals surface area contributed by atoms with Crippen LogP contribution in [0.15, 0.2) is 6.20 Å². The standard InChI is InChI=1S/C9H15N5O2/c1-13-5-8(14(15)16)9(12-13)11-7(4-10)6-2-3-6/h5-7H,2-4,10H2,1H3,(H,11,12). The van der Waals surface area contributed by atoms with Crippen molar-refractivity contribution in [2.45, 2.75) is 18.9 Å². The van der Waals surface area contributed by atoms with Crippen LogP contribution >= 0.6 is 0 Å². The van der Waals surface area contributed by atoms with Crippen molar-refractivity contribution >= 4 is 11.5 Å². The van der Waals surface area contributed by atoms with Gasteiger partial charge in [0, 0.05) is 19.6 Å². The Labute approximate surface area is 92.8 Å². The minimum atomic E-state index is -0.435. The molecule has 88 valence electrons. The van der Waals surface area contributed by atoms with Gasteiger partial charge < -0.3 is 11.1 Å². The van der Waals surface area contributed by atoms with Crippen molar-refractivity contribution in [3.8, 4) is 0 Å². The Hall–Kier alpha value is -1.63. The molecule has 1 aliphatic rings. The summed E-state index contributed by atoms with van der Waals surface area (Å²) in [5, 5.41) is 17.9. The first-order valence-electron chi connectivity index (χ1n) is 5.26. The Morgan fingerprint density at radius 2 is 2.50 bits per heavy atom. The number of aryl methyl sites for hydroxylation is 1. The SMILES string of the molecule is Cn1cc([N+](=O)[O-])c(NC(CN)C2CC2)n1. The molecule has 1 unspecified atom stereocenters. The Kier molecular flexibility index (Phi) is 2.78. The third-order valence-electron chi connectivity index (χ3n) is 2.77. The predicted molar refractivity (Wildman–Crippen MR) is 59.1 cm³/mol. The second-order valence-corrected chi connectivity index (χ2v) is 4.12. The van der Waals surface area contributed by atoms with Crippen LogP contribution < -0.4 is 11.1 Å². The summed E-state index contributed by atoms with van der Waals surface area (Å²) in [5.41, 5.74) is 5.63. The lowest BCUT2D eigenvalue weighted by atomic mass is 10.2. The summed E-state index contributed by atoms with van der Waals surface area (Å²) in [6.07, 6.45) is 3.66. The summed E-state index contributed by atoms with van der Waals surface area (Å²) < 4.78 is 1.43. The van der Waals surface area contributed by atoms with Crippen LogP contribution in [-0.4, -0.2) is 27.3 Å². The first-order chi connectivity index (χ1) is 7.61. The van der Waals surface area contributed by atoms with E-state index in [-0.39, 0.29) is 11.7 Å². The monoisotopic (exact) mass is 225 g/mol. The molecule has 1 aromatic rings. The summed E-state index contributed by atoms with van der Waals surface area (Å²) in [5.74, 6) is 0.849. The highest BCUT2D eigenvalue weighted by atomic mass is 16.6. The van der Waals surface area contributed by atoms with Crippen LogP contribution in [0.1, 0.15) is 12.8 Å². The zero-order valence-corrected chi connectivity index (χ0v) is 9.09. The van der Waals surface area contributed by atoms with Crippen molar-refractivity contribution in [2.75, 3.05) is 11.9 Å². The second kappa shape index (κ2) is 4.09. The number of rotatable bonds is 5. The minimum absolute atomic E-state index is 0.00148. The van der Waals surface area contributed by atoms with E-state index in [1.807, 2.05) is 0 Å². The Bertz CT molecular complexity index is 399. The fraction of sp³-hybridized carbons (Fsp3) is 0.667. The zero-order valence-electron chi connectivity index (χ0n) is 9.09. The summed E-state index contributed by atoms with van der Waals surface area (Å²) in [4.78, 5) is 10.3. The fourth-order valence-electron chi connectivity index (χ4n) is 1.76. The molecule has 1 atom stereocenters. The molecule has 1 aromatic heterocycles. The van der Waals surface area contributed by atoms with E-state index in [0.29, 0.717) is 18.3 Å². The minimum Gasteiger partial charge on any atom is -0.359 e. The Balaban J connectivity index is 2.15. The first kappa shape index (κ1) is 10.9. The number of hydrogen-bond donors (Lipinski definition) is 2. The van der Waals surface area contributed by atoms with Gasteiger partial charge in [-0.2, -0.15) is 0 Å². The molecule has 1 saturated carbocycles. The van der Waals surface area contributed by atoms with Crippen LogP contribution in [0, 0.1) is 16.0 Å². The van der Waals surface area contributed by atoms with Crippen molar-refractivity contribution in [3.05, 3.63) is 16.3 Å². The van der Waals surface area contributed by atoms with Gasteiger partial charge in [0.15, 0.2) is 0 Å². The van der Waals surface area contributed by atoms with Gasteiger partial charge in [0.25, 0.3) is 0 Å². The van der Waals surface area contributed by atoms with E-state index in [0.717, 1.165) is 12.8 Å². The van der Waals surface area contributed by atoms with Crippen LogP contribution in [0.2, 0.25) is 0 Å². The molecular weight excluding hydrogens is 210 g/mol. The largest absolute Gasteiger partial charge is 0.359 e. The molecule has 3 N–H and O–H groups in total. The average Bonchev–Trinajstić information content (AvgIpc) is 2.99. The maximum atomic E-state index is 10.8. The normalized spacial score (nSPS) is 17.1. The van der Waals surface area contributed by atoms with Crippen LogP contribution in [0.4, 0.5) is 11.5 Å². The molecule has 0 amide bonds. The predicted octanol–water partition coefficient (Wildman–Crippen LogP) is 0.477. The third kappa shape index (κ3) is 2.13. The van der Waals surface area contributed by atoms with Crippen LogP contribution in [0.5, 0.6) is 0 Å². The third-order valence-corrected chi connectivity index (χ3v) is 2.77. The van der Waals surface area contributed by atoms with Crippen LogP contribution in [0.3, 0.4) is 0 Å². The summed E-state index contributed by atoms with van der Waals surface area (Å²) >= 11 is 0. The van der Waals surface area contributed by atoms with E-state index in [1.165, 1.54) is 10.9 Å². The zero-order chi connectivity index (χ0) is 11.7. The van der Waals surface area contributed by atoms with Crippen LogP contribution in [0.25, 0.3) is 0 Å². The van der Waals surface area contributed by atoms with E-state index >= 15 is 0 Å². The highest BCUT2D eigenvalue weighted by Crippen LogP contribution is 2.34. The molecule has 0 saturated heterocycles.